The van der Waals surface area contributed by atoms with Crippen molar-refractivity contribution in [3.63, 3.8) is 0 Å². The van der Waals surface area contributed by atoms with Gasteiger partial charge in [-0.2, -0.15) is 10.4 Å². The molecule has 0 aliphatic rings. The van der Waals surface area contributed by atoms with Crippen LogP contribution in [0, 0.1) is 29.9 Å². The van der Waals surface area contributed by atoms with Crippen molar-refractivity contribution >= 4 is 0 Å². The summed E-state index contributed by atoms with van der Waals surface area (Å²) < 4.78 is 35.6. The second-order valence-electron chi connectivity index (χ2n) is 6.27. The van der Waals surface area contributed by atoms with E-state index in [1.165, 1.54) is 12.1 Å². The van der Waals surface area contributed by atoms with Gasteiger partial charge in [0, 0.05) is 6.61 Å². The van der Waals surface area contributed by atoms with Crippen LogP contribution in [0.3, 0.4) is 0 Å². The number of hydrogen-bond donors (Lipinski definition) is 1. The highest BCUT2D eigenvalue weighted by molar-refractivity contribution is 5.43. The molecule has 0 saturated carbocycles. The molecule has 0 aliphatic carbocycles. The topological polar surface area (TPSA) is 71.1 Å². The molecule has 0 saturated heterocycles. The zero-order chi connectivity index (χ0) is 20.1. The standard InChI is InChI=1S/C21H19F2N3O2/c1-14-17(12-24)20(26(25-14)16-7-3-2-4-8-16)13-28-21-18(22)10-15(6-5-9-27)11-19(21)23/h2-4,7-8,10-11,27H,5-6,9,13H2,1H3. The van der Waals surface area contributed by atoms with Gasteiger partial charge in [0.25, 0.3) is 0 Å². The Kier molecular flexibility index (Phi) is 6.02. The zero-order valence-electron chi connectivity index (χ0n) is 15.3. The maximum Gasteiger partial charge on any atom is 0.191 e. The molecule has 0 aliphatic heterocycles. The minimum absolute atomic E-state index is 0.0543. The molecule has 3 aromatic rings. The van der Waals surface area contributed by atoms with Crippen LogP contribution in [0.2, 0.25) is 0 Å². The van der Waals surface area contributed by atoms with Crippen molar-refractivity contribution in [3.05, 3.63) is 76.6 Å². The lowest BCUT2D eigenvalue weighted by atomic mass is 10.1. The van der Waals surface area contributed by atoms with Crippen molar-refractivity contribution in [2.45, 2.75) is 26.4 Å². The summed E-state index contributed by atoms with van der Waals surface area (Å²) in [5.74, 6) is -2.15. The van der Waals surface area contributed by atoms with Crippen molar-refractivity contribution in [2.24, 2.45) is 0 Å². The molecule has 1 N–H and O–H groups in total. The van der Waals surface area contributed by atoms with Crippen LogP contribution in [-0.2, 0) is 13.0 Å². The number of hydrogen-bond acceptors (Lipinski definition) is 4. The summed E-state index contributed by atoms with van der Waals surface area (Å²) in [6.45, 7) is 1.42. The van der Waals surface area contributed by atoms with Gasteiger partial charge in [0.1, 0.15) is 18.2 Å². The van der Waals surface area contributed by atoms with Gasteiger partial charge in [-0.25, -0.2) is 13.5 Å². The number of nitrogens with zero attached hydrogens (tertiary/aromatic N) is 3. The van der Waals surface area contributed by atoms with Crippen LogP contribution in [0.1, 0.15) is 28.9 Å². The van der Waals surface area contributed by atoms with Crippen LogP contribution in [0.25, 0.3) is 5.69 Å². The maximum atomic E-state index is 14.3. The number of nitriles is 1. The van der Waals surface area contributed by atoms with Crippen molar-refractivity contribution in [1.29, 1.82) is 5.26 Å². The Balaban J connectivity index is 1.90. The molecular weight excluding hydrogens is 364 g/mol. The molecule has 0 atom stereocenters. The van der Waals surface area contributed by atoms with E-state index in [0.717, 1.165) is 0 Å². The Hall–Kier alpha value is -3.24. The Labute approximate surface area is 161 Å². The van der Waals surface area contributed by atoms with E-state index in [0.29, 0.717) is 41.0 Å². The fourth-order valence-corrected chi connectivity index (χ4v) is 2.95. The summed E-state index contributed by atoms with van der Waals surface area (Å²) in [5, 5.41) is 22.7. The van der Waals surface area contributed by atoms with E-state index in [9.17, 15) is 14.0 Å². The van der Waals surface area contributed by atoms with E-state index < -0.39 is 17.4 Å². The number of para-hydroxylation sites is 1. The minimum Gasteiger partial charge on any atom is -0.481 e. The molecule has 0 radical (unpaired) electrons. The van der Waals surface area contributed by atoms with E-state index in [4.69, 9.17) is 9.84 Å². The van der Waals surface area contributed by atoms with Crippen LogP contribution in [0.5, 0.6) is 5.75 Å². The monoisotopic (exact) mass is 383 g/mol. The van der Waals surface area contributed by atoms with Gasteiger partial charge in [-0.15, -0.1) is 0 Å². The number of benzene rings is 2. The molecule has 1 heterocycles. The lowest BCUT2D eigenvalue weighted by Gasteiger charge is -2.12. The molecule has 0 spiro atoms. The van der Waals surface area contributed by atoms with Gasteiger partial charge in [0.05, 0.1) is 17.1 Å². The zero-order valence-corrected chi connectivity index (χ0v) is 15.3. The van der Waals surface area contributed by atoms with Crippen LogP contribution >= 0.6 is 0 Å². The summed E-state index contributed by atoms with van der Waals surface area (Å²) in [6.07, 6.45) is 0.781. The molecule has 0 bridgehead atoms. The Morgan fingerprint density at radius 3 is 2.46 bits per heavy atom. The Bertz CT molecular complexity index is 987. The van der Waals surface area contributed by atoms with Gasteiger partial charge in [0.15, 0.2) is 17.4 Å². The molecule has 2 aromatic carbocycles. The van der Waals surface area contributed by atoms with Crippen molar-refractivity contribution in [1.82, 2.24) is 9.78 Å². The van der Waals surface area contributed by atoms with Gasteiger partial charge in [-0.05, 0) is 49.6 Å². The summed E-state index contributed by atoms with van der Waals surface area (Å²) in [7, 11) is 0. The highest BCUT2D eigenvalue weighted by Crippen LogP contribution is 2.26. The quantitative estimate of drug-likeness (QED) is 0.673. The first-order chi connectivity index (χ1) is 13.5. The Morgan fingerprint density at radius 2 is 1.86 bits per heavy atom. The van der Waals surface area contributed by atoms with Gasteiger partial charge >= 0.3 is 0 Å². The largest absolute Gasteiger partial charge is 0.481 e. The molecule has 1 aromatic heterocycles. The second-order valence-corrected chi connectivity index (χ2v) is 6.27. The van der Waals surface area contributed by atoms with Crippen molar-refractivity contribution in [2.75, 3.05) is 6.61 Å². The van der Waals surface area contributed by atoms with Gasteiger partial charge in [0.2, 0.25) is 0 Å². The Morgan fingerprint density at radius 1 is 1.18 bits per heavy atom. The molecule has 0 unspecified atom stereocenters. The fraction of sp³-hybridized carbons (Fsp3) is 0.238. The number of ether oxygens (including phenoxy) is 1. The molecule has 3 rings (SSSR count). The molecule has 5 nitrogen and oxygen atoms in total. The van der Waals surface area contributed by atoms with Gasteiger partial charge < -0.3 is 9.84 Å². The predicted octanol–water partition coefficient (Wildman–Crippen LogP) is 3.83. The van der Waals surface area contributed by atoms with E-state index in [1.54, 1.807) is 11.6 Å². The van der Waals surface area contributed by atoms with E-state index in [1.807, 2.05) is 30.3 Å². The first kappa shape index (κ1) is 19.5. The molecule has 144 valence electrons. The highest BCUT2D eigenvalue weighted by atomic mass is 19.1. The third kappa shape index (κ3) is 4.02. The first-order valence-corrected chi connectivity index (χ1v) is 8.80. The molecule has 0 fully saturated rings. The number of aromatic nitrogens is 2. The molecule has 0 amide bonds. The second kappa shape index (κ2) is 8.63. The molecular formula is C21H19F2N3O2. The number of aryl methyl sites for hydroxylation is 2. The summed E-state index contributed by atoms with van der Waals surface area (Å²) in [4.78, 5) is 0. The average molecular weight is 383 g/mol. The molecule has 7 heteroatoms. The predicted molar refractivity (Wildman–Crippen MR) is 99.1 cm³/mol. The van der Waals surface area contributed by atoms with Crippen LogP contribution in [0.15, 0.2) is 42.5 Å². The lowest BCUT2D eigenvalue weighted by molar-refractivity contribution is 0.266. The van der Waals surface area contributed by atoms with Gasteiger partial charge in [-0.1, -0.05) is 18.2 Å². The highest BCUT2D eigenvalue weighted by Gasteiger charge is 2.19. The van der Waals surface area contributed by atoms with Crippen LogP contribution in [-0.4, -0.2) is 21.5 Å². The average Bonchev–Trinajstić information content (AvgIpc) is 3.01. The van der Waals surface area contributed by atoms with Crippen molar-refractivity contribution < 1.29 is 18.6 Å². The van der Waals surface area contributed by atoms with Crippen LogP contribution in [0.4, 0.5) is 8.78 Å². The van der Waals surface area contributed by atoms with Crippen molar-refractivity contribution in [3.8, 4) is 17.5 Å². The first-order valence-electron chi connectivity index (χ1n) is 8.80. The number of rotatable bonds is 7. The van der Waals surface area contributed by atoms with E-state index in [-0.39, 0.29) is 13.2 Å². The van der Waals surface area contributed by atoms with E-state index in [2.05, 4.69) is 11.2 Å². The number of aliphatic hydroxyl groups excluding tert-OH is 1. The lowest BCUT2D eigenvalue weighted by Crippen LogP contribution is -2.08. The third-order valence-electron chi connectivity index (χ3n) is 4.30. The maximum absolute atomic E-state index is 14.3. The van der Waals surface area contributed by atoms with Crippen LogP contribution < -0.4 is 4.74 Å². The van der Waals surface area contributed by atoms with E-state index >= 15 is 0 Å². The smallest absolute Gasteiger partial charge is 0.191 e. The summed E-state index contributed by atoms with van der Waals surface area (Å²) >= 11 is 0. The third-order valence-corrected chi connectivity index (χ3v) is 4.30. The summed E-state index contributed by atoms with van der Waals surface area (Å²) in [5.41, 5.74) is 2.38. The number of halogens is 2. The minimum atomic E-state index is -0.825. The van der Waals surface area contributed by atoms with Gasteiger partial charge in [-0.3, -0.25) is 0 Å². The fourth-order valence-electron chi connectivity index (χ4n) is 2.95. The normalized spacial score (nSPS) is 10.7. The summed E-state index contributed by atoms with van der Waals surface area (Å²) in [6, 6.07) is 13.6. The number of aliphatic hydroxyl groups is 1. The SMILES string of the molecule is Cc1nn(-c2ccccc2)c(COc2c(F)cc(CCCO)cc2F)c1C#N. The molecule has 28 heavy (non-hydrogen) atoms.